The summed E-state index contributed by atoms with van der Waals surface area (Å²) in [7, 11) is 0. The minimum atomic E-state index is -0.859. The first-order valence-corrected chi connectivity index (χ1v) is 9.20. The number of hydrogen-bond acceptors (Lipinski definition) is 6. The van der Waals surface area contributed by atoms with Gasteiger partial charge in [0, 0.05) is 6.04 Å². The van der Waals surface area contributed by atoms with Crippen molar-refractivity contribution < 1.29 is 14.0 Å². The quantitative estimate of drug-likeness (QED) is 0.789. The third-order valence-corrected chi connectivity index (χ3v) is 5.30. The maximum atomic E-state index is 12.0. The Balaban J connectivity index is 1.88. The molecule has 134 valence electrons. The minimum Gasteiger partial charge on any atom is -0.461 e. The average molecular weight is 363 g/mol. The summed E-state index contributed by atoms with van der Waals surface area (Å²) in [6, 6.07) is 3.08. The number of primary amides is 1. The SMILES string of the molecule is CC(Sc1nnc(-c2ccco2)n1C1CCCCC1)C(=O)NC(N)=O. The van der Waals surface area contributed by atoms with Crippen LogP contribution in [0.15, 0.2) is 28.0 Å². The van der Waals surface area contributed by atoms with Crippen LogP contribution in [0.4, 0.5) is 4.79 Å². The number of hydrogen-bond donors (Lipinski definition) is 2. The van der Waals surface area contributed by atoms with Crippen molar-refractivity contribution in [2.45, 2.75) is 55.5 Å². The van der Waals surface area contributed by atoms with Crippen LogP contribution in [0.2, 0.25) is 0 Å². The zero-order chi connectivity index (χ0) is 17.8. The first-order valence-electron chi connectivity index (χ1n) is 8.32. The van der Waals surface area contributed by atoms with Crippen molar-refractivity contribution in [3.05, 3.63) is 18.4 Å². The number of rotatable bonds is 5. The van der Waals surface area contributed by atoms with Gasteiger partial charge in [0.2, 0.25) is 11.7 Å². The van der Waals surface area contributed by atoms with Gasteiger partial charge >= 0.3 is 6.03 Å². The number of amides is 3. The van der Waals surface area contributed by atoms with Crippen LogP contribution in [0, 0.1) is 0 Å². The summed E-state index contributed by atoms with van der Waals surface area (Å²) < 4.78 is 7.56. The van der Waals surface area contributed by atoms with Gasteiger partial charge in [-0.3, -0.25) is 14.7 Å². The summed E-state index contributed by atoms with van der Waals surface area (Å²) in [5, 5.41) is 10.8. The highest BCUT2D eigenvalue weighted by Crippen LogP contribution is 2.36. The summed E-state index contributed by atoms with van der Waals surface area (Å²) in [6.45, 7) is 1.70. The Labute approximate surface area is 149 Å². The van der Waals surface area contributed by atoms with E-state index in [4.69, 9.17) is 10.2 Å². The van der Waals surface area contributed by atoms with Gasteiger partial charge in [0.15, 0.2) is 10.9 Å². The smallest absolute Gasteiger partial charge is 0.318 e. The zero-order valence-electron chi connectivity index (χ0n) is 14.0. The number of nitrogens with two attached hydrogens (primary N) is 1. The lowest BCUT2D eigenvalue weighted by Gasteiger charge is -2.25. The Kier molecular flexibility index (Phi) is 5.42. The van der Waals surface area contributed by atoms with Crippen LogP contribution in [0.5, 0.6) is 0 Å². The van der Waals surface area contributed by atoms with Gasteiger partial charge in [-0.1, -0.05) is 31.0 Å². The van der Waals surface area contributed by atoms with E-state index in [2.05, 4.69) is 20.1 Å². The number of carbonyl (C=O) groups excluding carboxylic acids is 2. The molecule has 1 fully saturated rings. The molecule has 3 N–H and O–H groups in total. The molecule has 1 unspecified atom stereocenters. The Morgan fingerprint density at radius 2 is 2.12 bits per heavy atom. The van der Waals surface area contributed by atoms with Gasteiger partial charge in [-0.15, -0.1) is 10.2 Å². The van der Waals surface area contributed by atoms with Gasteiger partial charge in [0.05, 0.1) is 11.5 Å². The number of carbonyl (C=O) groups is 2. The van der Waals surface area contributed by atoms with Gasteiger partial charge < -0.3 is 10.2 Å². The van der Waals surface area contributed by atoms with E-state index in [0.29, 0.717) is 16.7 Å². The molecule has 1 atom stereocenters. The third kappa shape index (κ3) is 4.04. The van der Waals surface area contributed by atoms with E-state index in [1.807, 2.05) is 12.1 Å². The van der Waals surface area contributed by atoms with E-state index in [1.165, 1.54) is 18.2 Å². The number of urea groups is 1. The fourth-order valence-electron chi connectivity index (χ4n) is 3.03. The molecular formula is C16H21N5O3S. The molecule has 1 aliphatic carbocycles. The van der Waals surface area contributed by atoms with Gasteiger partial charge in [0.1, 0.15) is 0 Å². The topological polar surface area (TPSA) is 116 Å². The standard InChI is InChI=1S/C16H21N5O3S/c1-10(14(22)18-15(17)23)25-16-20-19-13(12-8-5-9-24-12)21(16)11-6-3-2-4-7-11/h5,8-11H,2-4,6-7H2,1H3,(H3,17,18,22,23). The second-order valence-corrected chi connectivity index (χ2v) is 7.37. The van der Waals surface area contributed by atoms with Crippen LogP contribution in [-0.4, -0.2) is 32.0 Å². The van der Waals surface area contributed by atoms with Gasteiger partial charge in [-0.25, -0.2) is 4.79 Å². The number of nitrogens with one attached hydrogen (secondary N) is 1. The number of aromatic nitrogens is 3. The first-order chi connectivity index (χ1) is 12.1. The van der Waals surface area contributed by atoms with Crippen LogP contribution in [0.25, 0.3) is 11.6 Å². The Hall–Kier alpha value is -2.29. The second kappa shape index (κ2) is 7.73. The molecule has 1 aliphatic rings. The fourth-order valence-corrected chi connectivity index (χ4v) is 3.95. The normalized spacial score (nSPS) is 16.5. The van der Waals surface area contributed by atoms with E-state index in [1.54, 1.807) is 13.2 Å². The van der Waals surface area contributed by atoms with Crippen molar-refractivity contribution in [2.75, 3.05) is 0 Å². The van der Waals surface area contributed by atoms with Crippen LogP contribution in [0.3, 0.4) is 0 Å². The van der Waals surface area contributed by atoms with Crippen LogP contribution >= 0.6 is 11.8 Å². The predicted molar refractivity (Wildman–Crippen MR) is 92.9 cm³/mol. The number of imide groups is 1. The summed E-state index contributed by atoms with van der Waals surface area (Å²) >= 11 is 1.26. The van der Waals surface area contributed by atoms with Gasteiger partial charge in [-0.2, -0.15) is 0 Å². The van der Waals surface area contributed by atoms with Crippen LogP contribution in [-0.2, 0) is 4.79 Å². The third-order valence-electron chi connectivity index (χ3n) is 4.24. The number of nitrogens with zero attached hydrogens (tertiary/aromatic N) is 3. The van der Waals surface area contributed by atoms with Crippen molar-refractivity contribution in [1.29, 1.82) is 0 Å². The van der Waals surface area contributed by atoms with E-state index in [9.17, 15) is 9.59 Å². The lowest BCUT2D eigenvalue weighted by molar-refractivity contribution is -0.119. The largest absolute Gasteiger partial charge is 0.461 e. The molecule has 8 nitrogen and oxygen atoms in total. The maximum Gasteiger partial charge on any atom is 0.318 e. The lowest BCUT2D eigenvalue weighted by atomic mass is 9.95. The Morgan fingerprint density at radius 3 is 2.76 bits per heavy atom. The molecule has 2 aromatic rings. The summed E-state index contributed by atoms with van der Waals surface area (Å²) in [4.78, 5) is 22.8. The molecule has 0 radical (unpaired) electrons. The molecule has 0 aromatic carbocycles. The second-order valence-electron chi connectivity index (χ2n) is 6.06. The summed E-state index contributed by atoms with van der Waals surface area (Å²) in [6.07, 6.45) is 7.23. The fraction of sp³-hybridized carbons (Fsp3) is 0.500. The number of thioether (sulfide) groups is 1. The first kappa shape index (κ1) is 17.5. The molecule has 1 saturated carbocycles. The van der Waals surface area contributed by atoms with E-state index in [-0.39, 0.29) is 6.04 Å². The van der Waals surface area contributed by atoms with Crippen LogP contribution < -0.4 is 11.1 Å². The summed E-state index contributed by atoms with van der Waals surface area (Å²) in [5.41, 5.74) is 5.01. The summed E-state index contributed by atoms with van der Waals surface area (Å²) in [5.74, 6) is 0.872. The monoisotopic (exact) mass is 363 g/mol. The molecule has 0 saturated heterocycles. The molecule has 3 rings (SSSR count). The highest BCUT2D eigenvalue weighted by Gasteiger charge is 2.27. The van der Waals surface area contributed by atoms with Crippen LogP contribution in [0.1, 0.15) is 45.1 Å². The van der Waals surface area contributed by atoms with Gasteiger partial charge in [-0.05, 0) is 31.9 Å². The molecule has 9 heteroatoms. The Bertz CT molecular complexity index is 737. The van der Waals surface area contributed by atoms with Crippen molar-refractivity contribution >= 4 is 23.7 Å². The molecule has 3 amide bonds. The molecule has 2 heterocycles. The predicted octanol–water partition coefficient (Wildman–Crippen LogP) is 2.72. The number of furan rings is 1. The van der Waals surface area contributed by atoms with Crippen molar-refractivity contribution in [3.63, 3.8) is 0 Å². The average Bonchev–Trinajstić information content (AvgIpc) is 3.24. The molecule has 0 aliphatic heterocycles. The van der Waals surface area contributed by atoms with Crippen molar-refractivity contribution in [1.82, 2.24) is 20.1 Å². The Morgan fingerprint density at radius 1 is 1.36 bits per heavy atom. The zero-order valence-corrected chi connectivity index (χ0v) is 14.8. The molecule has 2 aromatic heterocycles. The van der Waals surface area contributed by atoms with Crippen molar-refractivity contribution in [2.24, 2.45) is 5.73 Å². The van der Waals surface area contributed by atoms with Crippen molar-refractivity contribution in [3.8, 4) is 11.6 Å². The molecular weight excluding hydrogens is 342 g/mol. The molecule has 0 spiro atoms. The van der Waals surface area contributed by atoms with Gasteiger partial charge in [0.25, 0.3) is 0 Å². The van der Waals surface area contributed by atoms with E-state index >= 15 is 0 Å². The molecule has 0 bridgehead atoms. The lowest BCUT2D eigenvalue weighted by Crippen LogP contribution is -2.39. The van der Waals surface area contributed by atoms with E-state index in [0.717, 1.165) is 25.7 Å². The molecule has 25 heavy (non-hydrogen) atoms. The highest BCUT2D eigenvalue weighted by atomic mass is 32.2. The van der Waals surface area contributed by atoms with E-state index < -0.39 is 17.2 Å². The maximum absolute atomic E-state index is 12.0. The highest BCUT2D eigenvalue weighted by molar-refractivity contribution is 8.00. The minimum absolute atomic E-state index is 0.276.